The van der Waals surface area contributed by atoms with E-state index in [1.807, 2.05) is 19.1 Å². The van der Waals surface area contributed by atoms with Crippen molar-refractivity contribution in [2.24, 2.45) is 0 Å². The molecule has 0 spiro atoms. The number of nitrogen functional groups attached to an aromatic ring is 1. The van der Waals surface area contributed by atoms with E-state index in [1.54, 1.807) is 12.1 Å². The van der Waals surface area contributed by atoms with E-state index in [2.05, 4.69) is 14.9 Å². The van der Waals surface area contributed by atoms with Crippen molar-refractivity contribution in [1.82, 2.24) is 10.3 Å². The lowest BCUT2D eigenvalue weighted by atomic mass is 10.1. The van der Waals surface area contributed by atoms with Crippen molar-refractivity contribution < 1.29 is 9.37 Å². The van der Waals surface area contributed by atoms with Crippen molar-refractivity contribution >= 4 is 5.69 Å². The van der Waals surface area contributed by atoms with Crippen LogP contribution in [0.5, 0.6) is 5.88 Å². The van der Waals surface area contributed by atoms with Gasteiger partial charge in [-0.15, -0.1) is 0 Å². The third-order valence-corrected chi connectivity index (χ3v) is 1.92. The summed E-state index contributed by atoms with van der Waals surface area (Å²) in [7, 11) is 0. The van der Waals surface area contributed by atoms with Crippen molar-refractivity contribution in [3.8, 4) is 17.1 Å². The largest absolute Gasteiger partial charge is 0.474 e. The van der Waals surface area contributed by atoms with E-state index in [9.17, 15) is 0 Å². The summed E-state index contributed by atoms with van der Waals surface area (Å²) in [6.07, 6.45) is 0. The number of rotatable bonds is 3. The fourth-order valence-corrected chi connectivity index (χ4v) is 1.23. The molecule has 2 N–H and O–H groups in total. The molecule has 2 rings (SSSR count). The van der Waals surface area contributed by atoms with E-state index < -0.39 is 0 Å². The molecule has 15 heavy (non-hydrogen) atoms. The number of anilines is 1. The van der Waals surface area contributed by atoms with Gasteiger partial charge in [-0.1, -0.05) is 12.1 Å². The maximum atomic E-state index is 5.59. The van der Waals surface area contributed by atoms with Gasteiger partial charge in [0.1, 0.15) is 0 Å². The molecule has 1 aromatic heterocycles. The summed E-state index contributed by atoms with van der Waals surface area (Å²) in [6, 6.07) is 7.27. The summed E-state index contributed by atoms with van der Waals surface area (Å²) < 4.78 is 9.89. The monoisotopic (exact) mass is 205 g/mol. The van der Waals surface area contributed by atoms with Gasteiger partial charge in [0.15, 0.2) is 5.69 Å². The van der Waals surface area contributed by atoms with Crippen LogP contribution in [0.15, 0.2) is 28.9 Å². The minimum absolute atomic E-state index is 0.405. The van der Waals surface area contributed by atoms with Gasteiger partial charge < -0.3 is 10.5 Å². The molecule has 0 aliphatic heterocycles. The average molecular weight is 205 g/mol. The Kier molecular flexibility index (Phi) is 2.53. The molecule has 0 unspecified atom stereocenters. The lowest BCUT2D eigenvalue weighted by Crippen LogP contribution is -1.93. The fraction of sp³-hybridized carbons (Fsp3) is 0.200. The molecule has 5 nitrogen and oxygen atoms in total. The molecule has 0 fully saturated rings. The summed E-state index contributed by atoms with van der Waals surface area (Å²) in [6.45, 7) is 2.40. The quantitative estimate of drug-likeness (QED) is 0.772. The molecule has 0 bridgehead atoms. The first-order valence-electron chi connectivity index (χ1n) is 4.62. The van der Waals surface area contributed by atoms with Gasteiger partial charge in [-0.25, -0.2) is 4.63 Å². The molecular weight excluding hydrogens is 194 g/mol. The van der Waals surface area contributed by atoms with Crippen molar-refractivity contribution in [2.75, 3.05) is 12.3 Å². The second kappa shape index (κ2) is 4.00. The normalized spacial score (nSPS) is 10.2. The van der Waals surface area contributed by atoms with Crippen LogP contribution in [-0.4, -0.2) is 16.9 Å². The molecule has 1 heterocycles. The van der Waals surface area contributed by atoms with Crippen molar-refractivity contribution in [3.63, 3.8) is 0 Å². The number of ether oxygens (including phenoxy) is 1. The van der Waals surface area contributed by atoms with Crippen LogP contribution in [0.2, 0.25) is 0 Å². The van der Waals surface area contributed by atoms with Crippen molar-refractivity contribution in [2.45, 2.75) is 6.92 Å². The molecule has 0 saturated heterocycles. The number of nitrogens with zero attached hydrogens (tertiary/aromatic N) is 2. The maximum absolute atomic E-state index is 5.59. The van der Waals surface area contributed by atoms with Crippen LogP contribution in [0.3, 0.4) is 0 Å². The highest BCUT2D eigenvalue weighted by Crippen LogP contribution is 2.26. The Labute approximate surface area is 86.8 Å². The van der Waals surface area contributed by atoms with Gasteiger partial charge in [0.05, 0.1) is 6.61 Å². The van der Waals surface area contributed by atoms with Crippen molar-refractivity contribution in [3.05, 3.63) is 24.3 Å². The molecule has 0 saturated carbocycles. The van der Waals surface area contributed by atoms with Crippen LogP contribution < -0.4 is 10.5 Å². The van der Waals surface area contributed by atoms with E-state index in [0.29, 0.717) is 23.9 Å². The van der Waals surface area contributed by atoms with E-state index >= 15 is 0 Å². The van der Waals surface area contributed by atoms with Crippen LogP contribution in [0.1, 0.15) is 6.92 Å². The van der Waals surface area contributed by atoms with E-state index in [4.69, 9.17) is 10.5 Å². The first kappa shape index (κ1) is 9.51. The lowest BCUT2D eigenvalue weighted by Gasteiger charge is -2.00. The Balaban J connectivity index is 2.36. The zero-order chi connectivity index (χ0) is 10.7. The van der Waals surface area contributed by atoms with Crippen LogP contribution in [0, 0.1) is 0 Å². The predicted molar refractivity (Wildman–Crippen MR) is 55.3 cm³/mol. The molecule has 0 atom stereocenters. The molecule has 0 amide bonds. The molecule has 2 aromatic rings. The molecule has 1 aromatic carbocycles. The zero-order valence-corrected chi connectivity index (χ0v) is 8.30. The van der Waals surface area contributed by atoms with E-state index in [0.717, 1.165) is 5.56 Å². The topological polar surface area (TPSA) is 74.2 Å². The average Bonchev–Trinajstić information content (AvgIpc) is 2.68. The highest BCUT2D eigenvalue weighted by molar-refractivity contribution is 5.65. The minimum Gasteiger partial charge on any atom is -0.474 e. The van der Waals surface area contributed by atoms with Crippen LogP contribution in [0.25, 0.3) is 11.3 Å². The second-order valence-electron chi connectivity index (χ2n) is 2.97. The third kappa shape index (κ3) is 1.90. The number of hydrogen-bond acceptors (Lipinski definition) is 5. The molecular formula is C10H11N3O2. The smallest absolute Gasteiger partial charge is 0.283 e. The molecule has 5 heteroatoms. The van der Waals surface area contributed by atoms with Crippen LogP contribution in [-0.2, 0) is 0 Å². The summed E-state index contributed by atoms with van der Waals surface area (Å²) in [5, 5.41) is 7.45. The Morgan fingerprint density at radius 2 is 2.00 bits per heavy atom. The summed E-state index contributed by atoms with van der Waals surface area (Å²) in [5.74, 6) is 0.405. The predicted octanol–water partition coefficient (Wildman–Crippen LogP) is 1.72. The zero-order valence-electron chi connectivity index (χ0n) is 8.30. The van der Waals surface area contributed by atoms with Gasteiger partial charge in [0, 0.05) is 11.3 Å². The molecule has 0 radical (unpaired) electrons. The molecule has 0 aliphatic rings. The molecule has 78 valence electrons. The first-order valence-corrected chi connectivity index (χ1v) is 4.62. The Hall–Kier alpha value is -2.04. The van der Waals surface area contributed by atoms with Gasteiger partial charge >= 0.3 is 0 Å². The molecule has 0 aliphatic carbocycles. The highest BCUT2D eigenvalue weighted by Gasteiger charge is 2.12. The standard InChI is InChI=1S/C10H11N3O2/c1-2-14-10-9(12-15-13-10)7-3-5-8(11)6-4-7/h3-6H,2,11H2,1H3. The number of hydrogen-bond donors (Lipinski definition) is 1. The number of benzene rings is 1. The van der Waals surface area contributed by atoms with Crippen LogP contribution >= 0.6 is 0 Å². The first-order chi connectivity index (χ1) is 7.31. The van der Waals surface area contributed by atoms with Gasteiger partial charge in [-0.3, -0.25) is 0 Å². The minimum atomic E-state index is 0.405. The Morgan fingerprint density at radius 1 is 1.27 bits per heavy atom. The highest BCUT2D eigenvalue weighted by atomic mass is 16.6. The summed E-state index contributed by atoms with van der Waals surface area (Å²) >= 11 is 0. The van der Waals surface area contributed by atoms with Gasteiger partial charge in [0.25, 0.3) is 5.88 Å². The van der Waals surface area contributed by atoms with Crippen LogP contribution in [0.4, 0.5) is 5.69 Å². The van der Waals surface area contributed by atoms with Gasteiger partial charge in [-0.05, 0) is 29.4 Å². The van der Waals surface area contributed by atoms with Gasteiger partial charge in [-0.2, -0.15) is 0 Å². The SMILES string of the molecule is CCOc1nonc1-c1ccc(N)cc1. The number of nitrogens with two attached hydrogens (primary N) is 1. The third-order valence-electron chi connectivity index (χ3n) is 1.92. The summed E-state index contributed by atoms with van der Waals surface area (Å²) in [5.41, 5.74) is 7.75. The van der Waals surface area contributed by atoms with Crippen molar-refractivity contribution in [1.29, 1.82) is 0 Å². The van der Waals surface area contributed by atoms with Gasteiger partial charge in [0.2, 0.25) is 0 Å². The van der Waals surface area contributed by atoms with E-state index in [1.165, 1.54) is 0 Å². The van der Waals surface area contributed by atoms with E-state index in [-0.39, 0.29) is 0 Å². The summed E-state index contributed by atoms with van der Waals surface area (Å²) in [4.78, 5) is 0. The maximum Gasteiger partial charge on any atom is 0.283 e. The number of aromatic nitrogens is 2. The lowest BCUT2D eigenvalue weighted by molar-refractivity contribution is 0.264. The second-order valence-corrected chi connectivity index (χ2v) is 2.97. The Bertz CT molecular complexity index is 436. The Morgan fingerprint density at radius 3 is 2.67 bits per heavy atom. The fourth-order valence-electron chi connectivity index (χ4n) is 1.23.